The molecule has 1 amide bonds. The van der Waals surface area contributed by atoms with Gasteiger partial charge in [0, 0.05) is 25.9 Å². The Balaban J connectivity index is 1.87. The van der Waals surface area contributed by atoms with E-state index in [9.17, 15) is 4.79 Å². The van der Waals surface area contributed by atoms with Gasteiger partial charge in [0.2, 0.25) is 5.91 Å². The SMILES string of the molecule is COCCOCCCNC(=NCC(=O)NCc1ccco1)Nc1ccc(OC(C)C)cc1. The molecule has 3 N–H and O–H groups in total. The highest BCUT2D eigenvalue weighted by atomic mass is 16.5. The lowest BCUT2D eigenvalue weighted by atomic mass is 10.3. The van der Waals surface area contributed by atoms with Gasteiger partial charge in [-0.25, -0.2) is 4.99 Å². The standard InChI is InChI=1S/C23H34N4O5/c1-18(2)32-20-9-7-19(8-10-20)27-23(24-11-5-12-30-15-14-29-3)26-17-22(28)25-16-21-6-4-13-31-21/h4,6-10,13,18H,5,11-12,14-17H2,1-3H3,(H,25,28)(H2,24,26,27). The molecule has 1 aromatic carbocycles. The maximum absolute atomic E-state index is 12.2. The van der Waals surface area contributed by atoms with Crippen molar-refractivity contribution in [2.24, 2.45) is 4.99 Å². The molecule has 2 rings (SSSR count). The number of carbonyl (C=O) groups excluding carboxylic acids is 1. The molecule has 0 aliphatic heterocycles. The Kier molecular flexibility index (Phi) is 11.7. The third kappa shape index (κ3) is 10.8. The van der Waals surface area contributed by atoms with E-state index >= 15 is 0 Å². The topological polar surface area (TPSA) is 106 Å². The number of nitrogens with one attached hydrogen (secondary N) is 3. The maximum atomic E-state index is 12.2. The fourth-order valence-corrected chi connectivity index (χ4v) is 2.60. The Labute approximate surface area is 189 Å². The largest absolute Gasteiger partial charge is 0.491 e. The predicted octanol–water partition coefficient (Wildman–Crippen LogP) is 2.79. The second-order valence-corrected chi connectivity index (χ2v) is 7.22. The second kappa shape index (κ2) is 14.9. The molecule has 0 saturated carbocycles. The summed E-state index contributed by atoms with van der Waals surface area (Å²) in [5.74, 6) is 1.79. The van der Waals surface area contributed by atoms with Crippen LogP contribution in [0.2, 0.25) is 0 Å². The van der Waals surface area contributed by atoms with Crippen LogP contribution in [0.15, 0.2) is 52.1 Å². The van der Waals surface area contributed by atoms with E-state index < -0.39 is 0 Å². The monoisotopic (exact) mass is 446 g/mol. The summed E-state index contributed by atoms with van der Waals surface area (Å²) in [6.45, 7) is 6.66. The Morgan fingerprint density at radius 3 is 2.59 bits per heavy atom. The van der Waals surface area contributed by atoms with Crippen molar-refractivity contribution >= 4 is 17.6 Å². The summed E-state index contributed by atoms with van der Waals surface area (Å²) in [7, 11) is 1.64. The van der Waals surface area contributed by atoms with Gasteiger partial charge in [-0.1, -0.05) is 0 Å². The Bertz CT molecular complexity index is 791. The Morgan fingerprint density at radius 1 is 1.09 bits per heavy atom. The maximum Gasteiger partial charge on any atom is 0.242 e. The van der Waals surface area contributed by atoms with Crippen LogP contribution in [0.3, 0.4) is 0 Å². The highest BCUT2D eigenvalue weighted by Gasteiger charge is 2.06. The van der Waals surface area contributed by atoms with E-state index in [0.29, 0.717) is 44.6 Å². The number of aliphatic imine (C=N–C) groups is 1. The van der Waals surface area contributed by atoms with Gasteiger partial charge in [0.05, 0.1) is 32.1 Å². The van der Waals surface area contributed by atoms with Gasteiger partial charge in [-0.05, 0) is 56.7 Å². The van der Waals surface area contributed by atoms with Crippen LogP contribution in [-0.4, -0.2) is 58.0 Å². The molecule has 0 atom stereocenters. The molecule has 9 nitrogen and oxygen atoms in total. The van der Waals surface area contributed by atoms with Gasteiger partial charge in [0.25, 0.3) is 0 Å². The van der Waals surface area contributed by atoms with Crippen LogP contribution in [0.5, 0.6) is 5.75 Å². The minimum absolute atomic E-state index is 0.0189. The summed E-state index contributed by atoms with van der Waals surface area (Å²) in [4.78, 5) is 16.6. The number of rotatable bonds is 14. The van der Waals surface area contributed by atoms with Gasteiger partial charge in [-0.3, -0.25) is 4.79 Å². The first-order valence-electron chi connectivity index (χ1n) is 10.7. The fourth-order valence-electron chi connectivity index (χ4n) is 2.60. The molecule has 0 saturated heterocycles. The first kappa shape index (κ1) is 25.2. The zero-order chi connectivity index (χ0) is 23.0. The number of guanidine groups is 1. The molecule has 0 radical (unpaired) electrons. The van der Waals surface area contributed by atoms with Crippen LogP contribution in [0.4, 0.5) is 5.69 Å². The molecule has 2 aromatic rings. The number of methoxy groups -OCH3 is 1. The van der Waals surface area contributed by atoms with Crippen molar-refractivity contribution in [1.82, 2.24) is 10.6 Å². The average molecular weight is 447 g/mol. The van der Waals surface area contributed by atoms with Gasteiger partial charge < -0.3 is 34.6 Å². The summed E-state index contributed by atoms with van der Waals surface area (Å²) < 4.78 is 21.3. The minimum Gasteiger partial charge on any atom is -0.491 e. The minimum atomic E-state index is -0.203. The highest BCUT2D eigenvalue weighted by molar-refractivity contribution is 5.95. The number of ether oxygens (including phenoxy) is 3. The molecule has 0 spiro atoms. The van der Waals surface area contributed by atoms with Crippen LogP contribution in [0.25, 0.3) is 0 Å². The number of benzene rings is 1. The van der Waals surface area contributed by atoms with Gasteiger partial charge in [-0.15, -0.1) is 0 Å². The number of hydrogen-bond acceptors (Lipinski definition) is 6. The molecule has 0 unspecified atom stereocenters. The third-order valence-electron chi connectivity index (χ3n) is 4.10. The van der Waals surface area contributed by atoms with E-state index in [1.165, 1.54) is 0 Å². The lowest BCUT2D eigenvalue weighted by Gasteiger charge is -2.14. The zero-order valence-electron chi connectivity index (χ0n) is 19.1. The second-order valence-electron chi connectivity index (χ2n) is 7.22. The number of anilines is 1. The van der Waals surface area contributed by atoms with Crippen molar-refractivity contribution in [2.75, 3.05) is 45.3 Å². The van der Waals surface area contributed by atoms with E-state index in [0.717, 1.165) is 17.9 Å². The molecule has 176 valence electrons. The highest BCUT2D eigenvalue weighted by Crippen LogP contribution is 2.16. The number of hydrogen-bond donors (Lipinski definition) is 3. The molecule has 0 bridgehead atoms. The van der Waals surface area contributed by atoms with Crippen LogP contribution in [-0.2, 0) is 20.8 Å². The zero-order valence-corrected chi connectivity index (χ0v) is 19.1. The van der Waals surface area contributed by atoms with Crippen LogP contribution in [0.1, 0.15) is 26.0 Å². The molecule has 9 heteroatoms. The molecular weight excluding hydrogens is 412 g/mol. The Morgan fingerprint density at radius 2 is 1.91 bits per heavy atom. The summed E-state index contributed by atoms with van der Waals surface area (Å²) in [6.07, 6.45) is 2.47. The molecule has 0 aliphatic carbocycles. The molecular formula is C23H34N4O5. The van der Waals surface area contributed by atoms with E-state index in [4.69, 9.17) is 18.6 Å². The van der Waals surface area contributed by atoms with E-state index in [2.05, 4.69) is 20.9 Å². The van der Waals surface area contributed by atoms with Crippen LogP contribution < -0.4 is 20.7 Å². The van der Waals surface area contributed by atoms with Crippen molar-refractivity contribution in [2.45, 2.75) is 32.9 Å². The summed E-state index contributed by atoms with van der Waals surface area (Å²) in [6, 6.07) is 11.2. The van der Waals surface area contributed by atoms with Gasteiger partial charge >= 0.3 is 0 Å². The van der Waals surface area contributed by atoms with Crippen molar-refractivity contribution in [3.8, 4) is 5.75 Å². The lowest BCUT2D eigenvalue weighted by Crippen LogP contribution is -2.34. The fraction of sp³-hybridized carbons (Fsp3) is 0.478. The van der Waals surface area contributed by atoms with Crippen molar-refractivity contribution in [3.63, 3.8) is 0 Å². The third-order valence-corrected chi connectivity index (χ3v) is 4.10. The number of furan rings is 1. The number of carbonyl (C=O) groups is 1. The number of nitrogens with zero attached hydrogens (tertiary/aromatic N) is 1. The molecule has 32 heavy (non-hydrogen) atoms. The van der Waals surface area contributed by atoms with Gasteiger partial charge in [0.15, 0.2) is 5.96 Å². The van der Waals surface area contributed by atoms with E-state index in [1.54, 1.807) is 25.5 Å². The normalized spacial score (nSPS) is 11.4. The smallest absolute Gasteiger partial charge is 0.242 e. The van der Waals surface area contributed by atoms with Crippen molar-refractivity contribution in [3.05, 3.63) is 48.4 Å². The van der Waals surface area contributed by atoms with Gasteiger partial charge in [-0.2, -0.15) is 0 Å². The first-order valence-corrected chi connectivity index (χ1v) is 10.7. The van der Waals surface area contributed by atoms with Crippen molar-refractivity contribution in [1.29, 1.82) is 0 Å². The number of amides is 1. The van der Waals surface area contributed by atoms with E-state index in [-0.39, 0.29) is 18.6 Å². The summed E-state index contributed by atoms with van der Waals surface area (Å²) in [5, 5.41) is 9.23. The molecule has 1 aromatic heterocycles. The Hall–Kier alpha value is -3.04. The quantitative estimate of drug-likeness (QED) is 0.233. The summed E-state index contributed by atoms with van der Waals surface area (Å²) in [5.41, 5.74) is 0.833. The molecule has 0 aliphatic rings. The summed E-state index contributed by atoms with van der Waals surface area (Å²) >= 11 is 0. The predicted molar refractivity (Wildman–Crippen MR) is 124 cm³/mol. The first-order chi connectivity index (χ1) is 15.6. The van der Waals surface area contributed by atoms with Crippen LogP contribution >= 0.6 is 0 Å². The van der Waals surface area contributed by atoms with Crippen molar-refractivity contribution < 1.29 is 23.4 Å². The van der Waals surface area contributed by atoms with Gasteiger partial charge in [0.1, 0.15) is 18.1 Å². The van der Waals surface area contributed by atoms with Crippen LogP contribution in [0, 0.1) is 0 Å². The lowest BCUT2D eigenvalue weighted by molar-refractivity contribution is -0.119. The average Bonchev–Trinajstić information content (AvgIpc) is 3.30. The molecule has 0 fully saturated rings. The molecule has 1 heterocycles. The van der Waals surface area contributed by atoms with E-state index in [1.807, 2.05) is 38.1 Å².